The number of para-hydroxylation sites is 1. The number of rotatable bonds is 9. The van der Waals surface area contributed by atoms with Gasteiger partial charge in [-0.3, -0.25) is 9.78 Å². The molecule has 0 bridgehead atoms. The molecule has 1 aromatic heterocycles. The van der Waals surface area contributed by atoms with Crippen LogP contribution < -0.4 is 10.1 Å². The second kappa shape index (κ2) is 9.14. The molecule has 0 saturated carbocycles. The Bertz CT molecular complexity index is 767. The molecule has 1 N–H and O–H groups in total. The Kier molecular flexibility index (Phi) is 6.91. The standard InChI is InChI=1S/C17H21N3O4S/c1-25(22,23)20(13-15-6-5-9-18-12-15)11-10-19-17(21)14-24-16-7-3-2-4-8-16/h2-9,12H,10-11,13-14H2,1H3,(H,19,21). The maximum Gasteiger partial charge on any atom is 0.257 e. The van der Waals surface area contributed by atoms with Crippen LogP contribution in [0.3, 0.4) is 0 Å². The van der Waals surface area contributed by atoms with Gasteiger partial charge in [-0.2, -0.15) is 4.31 Å². The predicted molar refractivity (Wildman–Crippen MR) is 94.4 cm³/mol. The van der Waals surface area contributed by atoms with Crippen molar-refractivity contribution in [3.8, 4) is 5.75 Å². The molecule has 1 aromatic carbocycles. The first-order valence-electron chi connectivity index (χ1n) is 7.74. The van der Waals surface area contributed by atoms with Crippen LogP contribution in [0.25, 0.3) is 0 Å². The van der Waals surface area contributed by atoms with Crippen LogP contribution in [-0.4, -0.2) is 49.6 Å². The van der Waals surface area contributed by atoms with E-state index in [1.807, 2.05) is 18.2 Å². The molecule has 7 nitrogen and oxygen atoms in total. The zero-order valence-corrected chi connectivity index (χ0v) is 14.8. The molecule has 25 heavy (non-hydrogen) atoms. The highest BCUT2D eigenvalue weighted by Crippen LogP contribution is 2.08. The van der Waals surface area contributed by atoms with Gasteiger partial charge in [0.05, 0.1) is 6.26 Å². The van der Waals surface area contributed by atoms with Gasteiger partial charge in [-0.25, -0.2) is 8.42 Å². The Hall–Kier alpha value is -2.45. The molecule has 1 amide bonds. The number of nitrogens with zero attached hydrogens (tertiary/aromatic N) is 2. The van der Waals surface area contributed by atoms with E-state index in [0.29, 0.717) is 5.75 Å². The highest BCUT2D eigenvalue weighted by atomic mass is 32.2. The molecule has 0 aliphatic carbocycles. The van der Waals surface area contributed by atoms with Crippen molar-refractivity contribution < 1.29 is 17.9 Å². The third kappa shape index (κ3) is 6.90. The molecule has 2 aromatic rings. The average Bonchev–Trinajstić information content (AvgIpc) is 2.60. The van der Waals surface area contributed by atoms with Gasteiger partial charge in [-0.05, 0) is 23.8 Å². The van der Waals surface area contributed by atoms with Crippen LogP contribution in [0.4, 0.5) is 0 Å². The molecule has 0 aliphatic heterocycles. The van der Waals surface area contributed by atoms with Crippen molar-refractivity contribution in [2.24, 2.45) is 0 Å². The van der Waals surface area contributed by atoms with Gasteiger partial charge in [-0.1, -0.05) is 24.3 Å². The molecular weight excluding hydrogens is 342 g/mol. The fraction of sp³-hybridized carbons (Fsp3) is 0.294. The van der Waals surface area contributed by atoms with Crippen LogP contribution in [0.5, 0.6) is 5.75 Å². The molecule has 1 heterocycles. The van der Waals surface area contributed by atoms with Crippen LogP contribution in [0, 0.1) is 0 Å². The van der Waals surface area contributed by atoms with E-state index in [2.05, 4.69) is 10.3 Å². The van der Waals surface area contributed by atoms with Crippen molar-refractivity contribution in [1.29, 1.82) is 0 Å². The summed E-state index contributed by atoms with van der Waals surface area (Å²) < 4.78 is 30.4. The number of hydrogen-bond donors (Lipinski definition) is 1. The van der Waals surface area contributed by atoms with E-state index in [9.17, 15) is 13.2 Å². The van der Waals surface area contributed by atoms with Gasteiger partial charge in [0.1, 0.15) is 5.75 Å². The second-order valence-corrected chi connectivity index (χ2v) is 7.39. The summed E-state index contributed by atoms with van der Waals surface area (Å²) in [6.45, 7) is 0.462. The van der Waals surface area contributed by atoms with Crippen molar-refractivity contribution in [2.45, 2.75) is 6.54 Å². The highest BCUT2D eigenvalue weighted by molar-refractivity contribution is 7.88. The Balaban J connectivity index is 1.79. The topological polar surface area (TPSA) is 88.6 Å². The fourth-order valence-corrected chi connectivity index (χ4v) is 2.90. The Labute approximate surface area is 147 Å². The number of sulfonamides is 1. The summed E-state index contributed by atoms with van der Waals surface area (Å²) in [5, 5.41) is 2.66. The molecule has 8 heteroatoms. The number of benzene rings is 1. The summed E-state index contributed by atoms with van der Waals surface area (Å²) in [4.78, 5) is 15.8. The SMILES string of the molecule is CS(=O)(=O)N(CCNC(=O)COc1ccccc1)Cc1cccnc1. The van der Waals surface area contributed by atoms with E-state index in [4.69, 9.17) is 4.74 Å². The predicted octanol–water partition coefficient (Wildman–Crippen LogP) is 1.04. The molecule has 0 aliphatic rings. The maximum atomic E-state index is 11.9. The summed E-state index contributed by atoms with van der Waals surface area (Å²) in [6, 6.07) is 12.6. The first kappa shape index (κ1) is 18.9. The van der Waals surface area contributed by atoms with E-state index in [0.717, 1.165) is 11.8 Å². The van der Waals surface area contributed by atoms with E-state index in [1.165, 1.54) is 4.31 Å². The lowest BCUT2D eigenvalue weighted by molar-refractivity contribution is -0.123. The highest BCUT2D eigenvalue weighted by Gasteiger charge is 2.17. The number of carbonyl (C=O) groups is 1. The summed E-state index contributed by atoms with van der Waals surface area (Å²) >= 11 is 0. The zero-order valence-electron chi connectivity index (χ0n) is 14.0. The van der Waals surface area contributed by atoms with Crippen LogP contribution in [0.2, 0.25) is 0 Å². The van der Waals surface area contributed by atoms with Gasteiger partial charge in [0, 0.05) is 32.0 Å². The van der Waals surface area contributed by atoms with Gasteiger partial charge in [0.25, 0.3) is 5.91 Å². The van der Waals surface area contributed by atoms with Gasteiger partial charge in [0.2, 0.25) is 10.0 Å². The molecule has 0 saturated heterocycles. The number of ether oxygens (including phenoxy) is 1. The van der Waals surface area contributed by atoms with Crippen molar-refractivity contribution in [2.75, 3.05) is 26.0 Å². The van der Waals surface area contributed by atoms with Crippen molar-refractivity contribution in [1.82, 2.24) is 14.6 Å². The number of aromatic nitrogens is 1. The Morgan fingerprint density at radius 2 is 1.96 bits per heavy atom. The molecule has 134 valence electrons. The van der Waals surface area contributed by atoms with E-state index in [-0.39, 0.29) is 32.1 Å². The second-order valence-electron chi connectivity index (χ2n) is 5.41. The first-order chi connectivity index (χ1) is 11.9. The van der Waals surface area contributed by atoms with Crippen molar-refractivity contribution in [3.63, 3.8) is 0 Å². The van der Waals surface area contributed by atoms with Crippen LogP contribution in [0.1, 0.15) is 5.56 Å². The summed E-state index contributed by atoms with van der Waals surface area (Å²) in [6.07, 6.45) is 4.38. The third-order valence-corrected chi connectivity index (χ3v) is 4.60. The molecular formula is C17H21N3O4S. The molecule has 0 fully saturated rings. The maximum absolute atomic E-state index is 11.9. The lowest BCUT2D eigenvalue weighted by Crippen LogP contribution is -2.39. The molecule has 0 atom stereocenters. The third-order valence-electron chi connectivity index (χ3n) is 3.35. The quantitative estimate of drug-likeness (QED) is 0.719. The van der Waals surface area contributed by atoms with E-state index >= 15 is 0 Å². The largest absolute Gasteiger partial charge is 0.484 e. The first-order valence-corrected chi connectivity index (χ1v) is 9.58. The van der Waals surface area contributed by atoms with E-state index < -0.39 is 10.0 Å². The van der Waals surface area contributed by atoms with Gasteiger partial charge >= 0.3 is 0 Å². The molecule has 0 spiro atoms. The Morgan fingerprint density at radius 1 is 1.20 bits per heavy atom. The summed E-state index contributed by atoms with van der Waals surface area (Å²) in [7, 11) is -3.39. The monoisotopic (exact) mass is 363 g/mol. The molecule has 2 rings (SSSR count). The lowest BCUT2D eigenvalue weighted by Gasteiger charge is -2.20. The lowest BCUT2D eigenvalue weighted by atomic mass is 10.3. The minimum atomic E-state index is -3.39. The van der Waals surface area contributed by atoms with Crippen molar-refractivity contribution in [3.05, 3.63) is 60.4 Å². The van der Waals surface area contributed by atoms with Gasteiger partial charge in [0.15, 0.2) is 6.61 Å². The number of carbonyl (C=O) groups excluding carboxylic acids is 1. The number of nitrogens with one attached hydrogen (secondary N) is 1. The average molecular weight is 363 g/mol. The normalized spacial score (nSPS) is 11.3. The molecule has 0 radical (unpaired) electrons. The summed E-state index contributed by atoms with van der Waals surface area (Å²) in [5.41, 5.74) is 0.784. The number of amides is 1. The summed E-state index contributed by atoms with van der Waals surface area (Å²) in [5.74, 6) is 0.297. The number of pyridine rings is 1. The minimum Gasteiger partial charge on any atom is -0.484 e. The van der Waals surface area contributed by atoms with Crippen LogP contribution in [-0.2, 0) is 21.4 Å². The zero-order chi connectivity index (χ0) is 18.1. The van der Waals surface area contributed by atoms with Crippen molar-refractivity contribution >= 4 is 15.9 Å². The van der Waals surface area contributed by atoms with Crippen LogP contribution >= 0.6 is 0 Å². The van der Waals surface area contributed by atoms with Gasteiger partial charge in [-0.15, -0.1) is 0 Å². The molecule has 0 unspecified atom stereocenters. The van der Waals surface area contributed by atoms with Crippen LogP contribution in [0.15, 0.2) is 54.9 Å². The fourth-order valence-electron chi connectivity index (χ4n) is 2.09. The smallest absolute Gasteiger partial charge is 0.257 e. The van der Waals surface area contributed by atoms with Gasteiger partial charge < -0.3 is 10.1 Å². The number of hydrogen-bond acceptors (Lipinski definition) is 5. The minimum absolute atomic E-state index is 0.120. The van der Waals surface area contributed by atoms with E-state index in [1.54, 1.807) is 36.7 Å². The Morgan fingerprint density at radius 3 is 2.60 bits per heavy atom.